The molecule has 0 bridgehead atoms. The van der Waals surface area contributed by atoms with Crippen LogP contribution in [0.4, 0.5) is 10.1 Å². The van der Waals surface area contributed by atoms with Crippen LogP contribution in [0.1, 0.15) is 18.5 Å². The normalized spacial score (nSPS) is 11.9. The van der Waals surface area contributed by atoms with Crippen LogP contribution in [-0.2, 0) is 4.79 Å². The first-order chi connectivity index (χ1) is 9.66. The molecule has 1 amide bonds. The monoisotopic (exact) mass is 273 g/mol. The average Bonchev–Trinajstić information content (AvgIpc) is 2.48. The fourth-order valence-corrected chi connectivity index (χ4v) is 1.75. The summed E-state index contributed by atoms with van der Waals surface area (Å²) in [5.74, 6) is -0.730. The molecule has 1 unspecified atom stereocenters. The van der Waals surface area contributed by atoms with Gasteiger partial charge in [-0.25, -0.2) is 4.39 Å². The molecule has 0 fully saturated rings. The third-order valence-electron chi connectivity index (χ3n) is 2.90. The van der Waals surface area contributed by atoms with Crippen LogP contribution >= 0.6 is 0 Å². The number of aromatic nitrogens is 1. The Morgan fingerprint density at radius 3 is 2.80 bits per heavy atom. The fourth-order valence-electron chi connectivity index (χ4n) is 1.75. The van der Waals surface area contributed by atoms with Crippen LogP contribution in [0.2, 0.25) is 0 Å². The molecular formula is C15H16FN3O. The van der Waals surface area contributed by atoms with E-state index in [1.165, 1.54) is 12.1 Å². The summed E-state index contributed by atoms with van der Waals surface area (Å²) in [5.41, 5.74) is 1.18. The van der Waals surface area contributed by atoms with Crippen molar-refractivity contribution in [3.63, 3.8) is 0 Å². The van der Waals surface area contributed by atoms with Crippen molar-refractivity contribution in [3.05, 3.63) is 60.2 Å². The highest BCUT2D eigenvalue weighted by molar-refractivity contribution is 5.92. The lowest BCUT2D eigenvalue weighted by molar-refractivity contribution is -0.115. The minimum atomic E-state index is -0.443. The van der Waals surface area contributed by atoms with E-state index in [9.17, 15) is 9.18 Å². The van der Waals surface area contributed by atoms with Crippen molar-refractivity contribution >= 4 is 11.6 Å². The second kappa shape index (κ2) is 6.77. The standard InChI is InChI=1S/C15H16FN3O/c1-11(12-5-4-8-17-9-12)18-10-15(20)19-14-7-3-2-6-13(14)16/h2-9,11,18H,10H2,1H3,(H,19,20). The molecule has 20 heavy (non-hydrogen) atoms. The van der Waals surface area contributed by atoms with E-state index in [1.54, 1.807) is 24.5 Å². The number of hydrogen-bond donors (Lipinski definition) is 2. The van der Waals surface area contributed by atoms with Gasteiger partial charge >= 0.3 is 0 Å². The van der Waals surface area contributed by atoms with Crippen molar-refractivity contribution in [1.82, 2.24) is 10.3 Å². The topological polar surface area (TPSA) is 54.0 Å². The molecule has 1 atom stereocenters. The summed E-state index contributed by atoms with van der Waals surface area (Å²) in [6.45, 7) is 2.04. The molecule has 0 spiro atoms. The lowest BCUT2D eigenvalue weighted by Crippen LogP contribution is -2.30. The van der Waals surface area contributed by atoms with Gasteiger partial charge in [-0.3, -0.25) is 9.78 Å². The van der Waals surface area contributed by atoms with Gasteiger partial charge in [-0.1, -0.05) is 18.2 Å². The molecule has 0 aliphatic heterocycles. The van der Waals surface area contributed by atoms with Crippen LogP contribution in [0.5, 0.6) is 0 Å². The van der Waals surface area contributed by atoms with E-state index in [-0.39, 0.29) is 24.2 Å². The predicted octanol–water partition coefficient (Wildman–Crippen LogP) is 2.51. The van der Waals surface area contributed by atoms with Crippen LogP contribution in [0, 0.1) is 5.82 Å². The molecule has 2 aromatic rings. The molecule has 2 rings (SSSR count). The summed E-state index contributed by atoms with van der Waals surface area (Å²) in [6, 6.07) is 9.85. The zero-order valence-electron chi connectivity index (χ0n) is 11.1. The number of carbonyl (C=O) groups is 1. The van der Waals surface area contributed by atoms with Gasteiger partial charge in [0.25, 0.3) is 0 Å². The number of nitrogens with one attached hydrogen (secondary N) is 2. The number of amides is 1. The Morgan fingerprint density at radius 1 is 1.30 bits per heavy atom. The second-order valence-electron chi connectivity index (χ2n) is 4.42. The highest BCUT2D eigenvalue weighted by Gasteiger charge is 2.09. The summed E-state index contributed by atoms with van der Waals surface area (Å²) < 4.78 is 13.4. The lowest BCUT2D eigenvalue weighted by Gasteiger charge is -2.13. The maximum atomic E-state index is 13.4. The van der Waals surface area contributed by atoms with Crippen molar-refractivity contribution in [2.45, 2.75) is 13.0 Å². The van der Waals surface area contributed by atoms with Crippen molar-refractivity contribution in [1.29, 1.82) is 0 Å². The van der Waals surface area contributed by atoms with Gasteiger partial charge in [0, 0.05) is 18.4 Å². The van der Waals surface area contributed by atoms with E-state index in [0.29, 0.717) is 0 Å². The first-order valence-electron chi connectivity index (χ1n) is 6.34. The zero-order chi connectivity index (χ0) is 14.4. The van der Waals surface area contributed by atoms with Crippen molar-refractivity contribution in [2.24, 2.45) is 0 Å². The lowest BCUT2D eigenvalue weighted by atomic mass is 10.1. The SMILES string of the molecule is CC(NCC(=O)Nc1ccccc1F)c1cccnc1. The van der Waals surface area contributed by atoms with Gasteiger partial charge in [0.15, 0.2) is 0 Å². The summed E-state index contributed by atoms with van der Waals surface area (Å²) in [7, 11) is 0. The smallest absolute Gasteiger partial charge is 0.238 e. The van der Waals surface area contributed by atoms with Gasteiger partial charge in [-0.2, -0.15) is 0 Å². The number of anilines is 1. The maximum Gasteiger partial charge on any atom is 0.238 e. The van der Waals surface area contributed by atoms with E-state index in [4.69, 9.17) is 0 Å². The van der Waals surface area contributed by atoms with E-state index >= 15 is 0 Å². The molecule has 0 aliphatic carbocycles. The Balaban J connectivity index is 1.85. The van der Waals surface area contributed by atoms with Crippen molar-refractivity contribution in [3.8, 4) is 0 Å². The molecule has 4 nitrogen and oxygen atoms in total. The largest absolute Gasteiger partial charge is 0.322 e. The molecule has 1 heterocycles. The molecule has 0 saturated carbocycles. The van der Waals surface area contributed by atoms with Gasteiger partial charge in [0.2, 0.25) is 5.91 Å². The number of pyridine rings is 1. The molecule has 0 saturated heterocycles. The number of halogens is 1. The first-order valence-corrected chi connectivity index (χ1v) is 6.34. The van der Waals surface area contributed by atoms with Crippen LogP contribution in [0.25, 0.3) is 0 Å². The van der Waals surface area contributed by atoms with E-state index in [0.717, 1.165) is 5.56 Å². The molecule has 0 aliphatic rings. The Morgan fingerprint density at radius 2 is 2.10 bits per heavy atom. The minimum Gasteiger partial charge on any atom is -0.322 e. The molecule has 104 valence electrons. The summed E-state index contributed by atoms with van der Waals surface area (Å²) >= 11 is 0. The van der Waals surface area contributed by atoms with Gasteiger partial charge in [0.05, 0.1) is 12.2 Å². The van der Waals surface area contributed by atoms with E-state index in [2.05, 4.69) is 15.6 Å². The zero-order valence-corrected chi connectivity index (χ0v) is 11.1. The van der Waals surface area contributed by atoms with Crippen LogP contribution in [0.15, 0.2) is 48.8 Å². The first kappa shape index (κ1) is 14.1. The Labute approximate surface area is 117 Å². The van der Waals surface area contributed by atoms with Gasteiger partial charge in [0.1, 0.15) is 5.82 Å². The number of para-hydroxylation sites is 1. The van der Waals surface area contributed by atoms with Crippen LogP contribution in [-0.4, -0.2) is 17.4 Å². The van der Waals surface area contributed by atoms with Crippen molar-refractivity contribution in [2.75, 3.05) is 11.9 Å². The van der Waals surface area contributed by atoms with Crippen LogP contribution < -0.4 is 10.6 Å². The number of hydrogen-bond acceptors (Lipinski definition) is 3. The third-order valence-corrected chi connectivity index (χ3v) is 2.90. The van der Waals surface area contributed by atoms with Crippen molar-refractivity contribution < 1.29 is 9.18 Å². The Bertz CT molecular complexity index is 574. The number of rotatable bonds is 5. The second-order valence-corrected chi connectivity index (χ2v) is 4.42. The highest BCUT2D eigenvalue weighted by atomic mass is 19.1. The quantitative estimate of drug-likeness (QED) is 0.880. The van der Waals surface area contributed by atoms with E-state index in [1.807, 2.05) is 19.1 Å². The molecule has 1 aromatic carbocycles. The minimum absolute atomic E-state index is 0.00456. The third kappa shape index (κ3) is 3.86. The van der Waals surface area contributed by atoms with Gasteiger partial charge in [-0.15, -0.1) is 0 Å². The summed E-state index contributed by atoms with van der Waals surface area (Å²) in [5, 5.41) is 5.59. The summed E-state index contributed by atoms with van der Waals surface area (Å²) in [4.78, 5) is 15.8. The van der Waals surface area contributed by atoms with E-state index < -0.39 is 5.82 Å². The number of benzene rings is 1. The van der Waals surface area contributed by atoms with Gasteiger partial charge < -0.3 is 10.6 Å². The molecule has 0 radical (unpaired) electrons. The predicted molar refractivity (Wildman–Crippen MR) is 75.7 cm³/mol. The molecule has 1 aromatic heterocycles. The molecular weight excluding hydrogens is 257 g/mol. The maximum absolute atomic E-state index is 13.4. The molecule has 2 N–H and O–H groups in total. The summed E-state index contributed by atoms with van der Waals surface area (Å²) in [6.07, 6.45) is 3.44. The van der Waals surface area contributed by atoms with Crippen LogP contribution in [0.3, 0.4) is 0 Å². The average molecular weight is 273 g/mol. The van der Waals surface area contributed by atoms with Gasteiger partial charge in [-0.05, 0) is 30.7 Å². The number of carbonyl (C=O) groups excluding carboxylic acids is 1. The Hall–Kier alpha value is -2.27. The molecule has 5 heteroatoms. The fraction of sp³-hybridized carbons (Fsp3) is 0.200. The Kier molecular flexibility index (Phi) is 4.79. The number of nitrogens with zero attached hydrogens (tertiary/aromatic N) is 1. The highest BCUT2D eigenvalue weighted by Crippen LogP contribution is 2.12.